The van der Waals surface area contributed by atoms with Gasteiger partial charge in [0.15, 0.2) is 0 Å². The molecule has 2 aliphatic carbocycles. The van der Waals surface area contributed by atoms with Gasteiger partial charge < -0.3 is 4.74 Å². The minimum atomic E-state index is -0.703. The van der Waals surface area contributed by atoms with E-state index >= 15 is 0 Å². The second kappa shape index (κ2) is 5.38. The lowest BCUT2D eigenvalue weighted by Gasteiger charge is -2.29. The van der Waals surface area contributed by atoms with Crippen LogP contribution < -0.4 is 0 Å². The summed E-state index contributed by atoms with van der Waals surface area (Å²) in [5, 5.41) is 9.35. The molecule has 116 valence electrons. The van der Waals surface area contributed by atoms with Gasteiger partial charge in [-0.1, -0.05) is 44.7 Å². The molecule has 3 nitrogen and oxygen atoms in total. The van der Waals surface area contributed by atoms with Crippen molar-refractivity contribution in [1.29, 1.82) is 5.26 Å². The molecule has 2 aliphatic rings. The van der Waals surface area contributed by atoms with Crippen LogP contribution in [0.1, 0.15) is 34.1 Å². The molecule has 0 amide bonds. The maximum Gasteiger partial charge on any atom is 0.344 e. The molecular formula is C18H20INO2. The Morgan fingerprint density at radius 1 is 1.27 bits per heavy atom. The zero-order chi connectivity index (χ0) is 16.8. The van der Waals surface area contributed by atoms with E-state index in [0.717, 1.165) is 11.1 Å². The molecule has 0 radical (unpaired) electrons. The summed E-state index contributed by atoms with van der Waals surface area (Å²) in [6.07, 6.45) is 8.45. The molecule has 0 spiro atoms. The first kappa shape index (κ1) is 17.0. The van der Waals surface area contributed by atoms with E-state index in [1.807, 2.05) is 60.7 Å². The van der Waals surface area contributed by atoms with Gasteiger partial charge >= 0.3 is 5.97 Å². The standard InChI is InChI=1S/C18H20INO2/c1-12(19)15(21)22-18(5)10-16(2,3)13-6-8-17(4,11-20)9-7-14(13)18/h6-9H,1,10H2,2-5H3. The minimum absolute atomic E-state index is 0.126. The first-order chi connectivity index (χ1) is 10.0. The van der Waals surface area contributed by atoms with Gasteiger partial charge in [0.05, 0.1) is 15.1 Å². The van der Waals surface area contributed by atoms with Crippen molar-refractivity contribution in [2.75, 3.05) is 0 Å². The topological polar surface area (TPSA) is 50.1 Å². The van der Waals surface area contributed by atoms with Crippen molar-refractivity contribution >= 4 is 28.6 Å². The summed E-state index contributed by atoms with van der Waals surface area (Å²) in [5.41, 5.74) is 0.623. The van der Waals surface area contributed by atoms with Crippen LogP contribution in [0.25, 0.3) is 0 Å². The fraction of sp³-hybridized carbons (Fsp3) is 0.444. The van der Waals surface area contributed by atoms with E-state index in [9.17, 15) is 10.1 Å². The van der Waals surface area contributed by atoms with Gasteiger partial charge in [-0.05, 0) is 53.0 Å². The number of hydrogen-bond acceptors (Lipinski definition) is 3. The van der Waals surface area contributed by atoms with Gasteiger partial charge in [0.2, 0.25) is 0 Å². The van der Waals surface area contributed by atoms with Crippen molar-refractivity contribution in [1.82, 2.24) is 0 Å². The second-order valence-corrected chi connectivity index (χ2v) is 8.28. The Hall–Kier alpha value is -1.35. The lowest BCUT2D eigenvalue weighted by Crippen LogP contribution is -2.33. The molecule has 0 bridgehead atoms. The first-order valence-electron chi connectivity index (χ1n) is 7.16. The van der Waals surface area contributed by atoms with Gasteiger partial charge in [0.25, 0.3) is 0 Å². The number of carbonyl (C=O) groups excluding carboxylic acids is 1. The molecule has 0 aromatic heterocycles. The van der Waals surface area contributed by atoms with Crippen LogP contribution in [-0.4, -0.2) is 11.6 Å². The quantitative estimate of drug-likeness (QED) is 0.380. The van der Waals surface area contributed by atoms with Crippen molar-refractivity contribution in [2.45, 2.75) is 39.7 Å². The summed E-state index contributed by atoms with van der Waals surface area (Å²) in [6.45, 7) is 11.7. The summed E-state index contributed by atoms with van der Waals surface area (Å²) in [6, 6.07) is 2.30. The van der Waals surface area contributed by atoms with E-state index in [4.69, 9.17) is 4.74 Å². The fourth-order valence-corrected chi connectivity index (χ4v) is 3.37. The largest absolute Gasteiger partial charge is 0.451 e. The maximum absolute atomic E-state index is 12.0. The molecule has 0 saturated carbocycles. The van der Waals surface area contributed by atoms with E-state index in [2.05, 4.69) is 26.5 Å². The Balaban J connectivity index is 2.50. The molecule has 0 fully saturated rings. The number of esters is 1. The number of nitrogens with zero attached hydrogens (tertiary/aromatic N) is 1. The first-order valence-corrected chi connectivity index (χ1v) is 8.24. The van der Waals surface area contributed by atoms with E-state index in [1.165, 1.54) is 0 Å². The highest BCUT2D eigenvalue weighted by atomic mass is 127. The Morgan fingerprint density at radius 3 is 2.32 bits per heavy atom. The van der Waals surface area contributed by atoms with Gasteiger partial charge in [-0.25, -0.2) is 4.79 Å². The van der Waals surface area contributed by atoms with Crippen LogP contribution >= 0.6 is 22.6 Å². The Labute approximate surface area is 145 Å². The lowest BCUT2D eigenvalue weighted by atomic mass is 9.82. The molecule has 0 aromatic carbocycles. The number of carbonyl (C=O) groups is 1. The molecule has 0 aromatic rings. The van der Waals surface area contributed by atoms with Crippen molar-refractivity contribution < 1.29 is 9.53 Å². The van der Waals surface area contributed by atoms with Gasteiger partial charge in [-0.15, -0.1) is 0 Å². The van der Waals surface area contributed by atoms with Crippen molar-refractivity contribution in [3.63, 3.8) is 0 Å². The monoisotopic (exact) mass is 409 g/mol. The van der Waals surface area contributed by atoms with Crippen LogP contribution in [0.5, 0.6) is 0 Å². The number of ether oxygens (including phenoxy) is 1. The molecule has 0 aliphatic heterocycles. The number of halogens is 1. The molecule has 0 saturated heterocycles. The third-order valence-corrected chi connectivity index (χ3v) is 4.78. The Morgan fingerprint density at radius 2 is 1.82 bits per heavy atom. The van der Waals surface area contributed by atoms with Gasteiger partial charge in [0, 0.05) is 6.42 Å². The zero-order valence-corrected chi connectivity index (χ0v) is 15.5. The Kier molecular flexibility index (Phi) is 4.16. The average molecular weight is 409 g/mol. The van der Waals surface area contributed by atoms with Crippen LogP contribution in [-0.2, 0) is 9.53 Å². The number of hydrogen-bond donors (Lipinski definition) is 0. The highest BCUT2D eigenvalue weighted by Crippen LogP contribution is 2.52. The van der Waals surface area contributed by atoms with Crippen LogP contribution in [0.4, 0.5) is 0 Å². The highest BCUT2D eigenvalue weighted by Gasteiger charge is 2.48. The van der Waals surface area contributed by atoms with E-state index < -0.39 is 17.0 Å². The average Bonchev–Trinajstić information content (AvgIpc) is 2.53. The maximum atomic E-state index is 12.0. The minimum Gasteiger partial charge on any atom is -0.451 e. The van der Waals surface area contributed by atoms with Crippen LogP contribution in [0.15, 0.2) is 45.6 Å². The second-order valence-electron chi connectivity index (χ2n) is 6.97. The van der Waals surface area contributed by atoms with Crippen LogP contribution in [0, 0.1) is 22.2 Å². The molecular weight excluding hydrogens is 389 g/mol. The van der Waals surface area contributed by atoms with Gasteiger partial charge in [0.1, 0.15) is 5.60 Å². The molecule has 4 heteroatoms. The smallest absolute Gasteiger partial charge is 0.344 e. The predicted molar refractivity (Wildman–Crippen MR) is 95.1 cm³/mol. The lowest BCUT2D eigenvalue weighted by molar-refractivity contribution is -0.149. The zero-order valence-electron chi connectivity index (χ0n) is 13.4. The van der Waals surface area contributed by atoms with E-state index in [-0.39, 0.29) is 5.41 Å². The highest BCUT2D eigenvalue weighted by molar-refractivity contribution is 14.1. The fourth-order valence-electron chi connectivity index (χ4n) is 3.26. The van der Waals surface area contributed by atoms with Crippen LogP contribution in [0.2, 0.25) is 0 Å². The van der Waals surface area contributed by atoms with Gasteiger partial charge in [-0.2, -0.15) is 5.26 Å². The predicted octanol–water partition coefficient (Wildman–Crippen LogP) is 4.62. The molecule has 2 unspecified atom stereocenters. The molecule has 2 rings (SSSR count). The number of nitriles is 1. The summed E-state index contributed by atoms with van der Waals surface area (Å²) < 4.78 is 6.11. The molecule has 2 atom stereocenters. The molecule has 0 heterocycles. The SMILES string of the molecule is C=C(I)C(=O)OC1(C)CC(C)(C)C2=C1C=CC(C)(C#N)C=C2. The number of rotatable bonds is 2. The normalized spacial score (nSPS) is 32.2. The third-order valence-electron chi connectivity index (χ3n) is 4.34. The van der Waals surface area contributed by atoms with Crippen molar-refractivity contribution in [3.8, 4) is 6.07 Å². The Bertz CT molecular complexity index is 678. The summed E-state index contributed by atoms with van der Waals surface area (Å²) in [5.74, 6) is -0.391. The van der Waals surface area contributed by atoms with Crippen LogP contribution in [0.3, 0.4) is 0 Å². The summed E-state index contributed by atoms with van der Waals surface area (Å²) in [4.78, 5) is 12.0. The van der Waals surface area contributed by atoms with Crippen molar-refractivity contribution in [3.05, 3.63) is 45.6 Å². The van der Waals surface area contributed by atoms with Gasteiger partial charge in [-0.3, -0.25) is 0 Å². The van der Waals surface area contributed by atoms with Crippen molar-refractivity contribution in [2.24, 2.45) is 10.8 Å². The van der Waals surface area contributed by atoms with E-state index in [0.29, 0.717) is 10.0 Å². The molecule has 0 N–H and O–H groups in total. The summed E-state index contributed by atoms with van der Waals surface area (Å²) >= 11 is 1.88. The third kappa shape index (κ3) is 2.91. The van der Waals surface area contributed by atoms with E-state index in [1.54, 1.807) is 0 Å². The summed E-state index contributed by atoms with van der Waals surface area (Å²) in [7, 11) is 0. The molecule has 22 heavy (non-hydrogen) atoms. The number of allylic oxidation sites excluding steroid dienone is 4.